The van der Waals surface area contributed by atoms with Gasteiger partial charge < -0.3 is 9.30 Å². The van der Waals surface area contributed by atoms with Gasteiger partial charge in [0, 0.05) is 13.1 Å². The lowest BCUT2D eigenvalue weighted by Gasteiger charge is -2.27. The topological polar surface area (TPSA) is 30.3 Å². The molecule has 2 heterocycles. The number of benzene rings is 1. The molecule has 0 saturated carbocycles. The van der Waals surface area contributed by atoms with Crippen molar-refractivity contribution in [2.75, 3.05) is 32.6 Å². The second-order valence-electron chi connectivity index (χ2n) is 4.39. The van der Waals surface area contributed by atoms with Gasteiger partial charge in [0.2, 0.25) is 0 Å². The molecule has 4 nitrogen and oxygen atoms in total. The van der Waals surface area contributed by atoms with Crippen LogP contribution in [-0.4, -0.2) is 47.0 Å². The van der Waals surface area contributed by atoms with Crippen molar-refractivity contribution in [3.63, 3.8) is 0 Å². The lowest BCUT2D eigenvalue weighted by atomic mass is 10.3. The summed E-state index contributed by atoms with van der Waals surface area (Å²) >= 11 is 1.70. The number of morpholine rings is 1. The van der Waals surface area contributed by atoms with E-state index in [9.17, 15) is 0 Å². The molecular weight excluding hydrogens is 246 g/mol. The maximum Gasteiger partial charge on any atom is 0.169 e. The number of hydrogen-bond acceptors (Lipinski definition) is 4. The summed E-state index contributed by atoms with van der Waals surface area (Å²) in [6, 6.07) is 8.33. The third-order valence-corrected chi connectivity index (χ3v) is 3.92. The van der Waals surface area contributed by atoms with Gasteiger partial charge in [0.05, 0.1) is 30.9 Å². The number of aromatic nitrogens is 2. The van der Waals surface area contributed by atoms with Crippen LogP contribution in [0.5, 0.6) is 0 Å². The van der Waals surface area contributed by atoms with E-state index >= 15 is 0 Å². The van der Waals surface area contributed by atoms with Crippen LogP contribution in [0.3, 0.4) is 0 Å². The highest BCUT2D eigenvalue weighted by atomic mass is 32.2. The fraction of sp³-hybridized carbons (Fsp3) is 0.462. The van der Waals surface area contributed by atoms with Crippen LogP contribution in [0, 0.1) is 0 Å². The van der Waals surface area contributed by atoms with Crippen LogP contribution in [0.15, 0.2) is 29.4 Å². The molecule has 1 aliphatic heterocycles. The third-order valence-electron chi connectivity index (χ3n) is 3.25. The van der Waals surface area contributed by atoms with Crippen molar-refractivity contribution in [1.82, 2.24) is 14.5 Å². The molecule has 0 unspecified atom stereocenters. The van der Waals surface area contributed by atoms with Gasteiger partial charge in [-0.2, -0.15) is 0 Å². The fourth-order valence-electron chi connectivity index (χ4n) is 2.29. The predicted octanol–water partition coefficient (Wildman–Crippen LogP) is 2.05. The Balaban J connectivity index is 1.93. The average molecular weight is 263 g/mol. The van der Waals surface area contributed by atoms with E-state index in [2.05, 4.69) is 38.9 Å². The van der Waals surface area contributed by atoms with E-state index in [0.717, 1.165) is 43.6 Å². The highest BCUT2D eigenvalue weighted by Crippen LogP contribution is 2.22. The largest absolute Gasteiger partial charge is 0.379 e. The van der Waals surface area contributed by atoms with Crippen molar-refractivity contribution in [3.05, 3.63) is 24.3 Å². The van der Waals surface area contributed by atoms with E-state index in [4.69, 9.17) is 4.74 Å². The van der Waals surface area contributed by atoms with Gasteiger partial charge in [0.15, 0.2) is 5.16 Å². The minimum Gasteiger partial charge on any atom is -0.379 e. The lowest BCUT2D eigenvalue weighted by Crippen LogP contribution is -2.37. The van der Waals surface area contributed by atoms with Crippen LogP contribution in [0.25, 0.3) is 11.0 Å². The SMILES string of the molecule is CSc1nc2ccccc2n1CN1CCOCC1. The van der Waals surface area contributed by atoms with E-state index < -0.39 is 0 Å². The summed E-state index contributed by atoms with van der Waals surface area (Å²) in [7, 11) is 0. The molecule has 5 heteroatoms. The molecule has 0 N–H and O–H groups in total. The molecule has 1 aliphatic rings. The smallest absolute Gasteiger partial charge is 0.169 e. The molecule has 0 spiro atoms. The van der Waals surface area contributed by atoms with Crippen LogP contribution in [0.2, 0.25) is 0 Å². The highest BCUT2D eigenvalue weighted by Gasteiger charge is 2.15. The second kappa shape index (κ2) is 5.30. The summed E-state index contributed by atoms with van der Waals surface area (Å²) in [5.41, 5.74) is 2.29. The number of para-hydroxylation sites is 2. The Morgan fingerprint density at radius 1 is 1.28 bits per heavy atom. The Hall–Kier alpha value is -1.04. The number of ether oxygens (including phenoxy) is 1. The first-order valence-electron chi connectivity index (χ1n) is 6.18. The molecule has 3 rings (SSSR count). The minimum atomic E-state index is 0.835. The van der Waals surface area contributed by atoms with Crippen molar-refractivity contribution in [1.29, 1.82) is 0 Å². The standard InChI is InChI=1S/C13H17N3OS/c1-18-13-14-11-4-2-3-5-12(11)16(13)10-15-6-8-17-9-7-15/h2-5H,6-10H2,1H3. The number of nitrogens with zero attached hydrogens (tertiary/aromatic N) is 3. The highest BCUT2D eigenvalue weighted by molar-refractivity contribution is 7.98. The van der Waals surface area contributed by atoms with E-state index in [1.807, 2.05) is 6.07 Å². The Kier molecular flexibility index (Phi) is 3.54. The Morgan fingerprint density at radius 3 is 2.83 bits per heavy atom. The van der Waals surface area contributed by atoms with Crippen LogP contribution in [0.4, 0.5) is 0 Å². The molecule has 2 aromatic rings. The Labute approximate surface area is 111 Å². The molecule has 0 atom stereocenters. The second-order valence-corrected chi connectivity index (χ2v) is 5.16. The fourth-order valence-corrected chi connectivity index (χ4v) is 2.85. The van der Waals surface area contributed by atoms with Crippen molar-refractivity contribution in [2.45, 2.75) is 11.8 Å². The van der Waals surface area contributed by atoms with Crippen molar-refractivity contribution >= 4 is 22.8 Å². The van der Waals surface area contributed by atoms with Crippen LogP contribution < -0.4 is 0 Å². The van der Waals surface area contributed by atoms with Gasteiger partial charge in [-0.05, 0) is 18.4 Å². The van der Waals surface area contributed by atoms with Gasteiger partial charge in [-0.1, -0.05) is 23.9 Å². The Morgan fingerprint density at radius 2 is 2.06 bits per heavy atom. The van der Waals surface area contributed by atoms with Crippen molar-refractivity contribution in [3.8, 4) is 0 Å². The predicted molar refractivity (Wildman–Crippen MR) is 73.9 cm³/mol. The zero-order chi connectivity index (χ0) is 12.4. The molecule has 1 aromatic heterocycles. The summed E-state index contributed by atoms with van der Waals surface area (Å²) in [6.07, 6.45) is 2.08. The first kappa shape index (κ1) is 12.0. The number of rotatable bonds is 3. The summed E-state index contributed by atoms with van der Waals surface area (Å²) in [4.78, 5) is 7.08. The normalized spacial score (nSPS) is 17.4. The van der Waals surface area contributed by atoms with Crippen LogP contribution in [-0.2, 0) is 11.4 Å². The number of thioether (sulfide) groups is 1. The molecule has 0 amide bonds. The van der Waals surface area contributed by atoms with Crippen LogP contribution >= 0.6 is 11.8 Å². The van der Waals surface area contributed by atoms with E-state index in [0.29, 0.717) is 0 Å². The summed E-state index contributed by atoms with van der Waals surface area (Å²) in [5, 5.41) is 1.09. The van der Waals surface area contributed by atoms with Crippen molar-refractivity contribution in [2.24, 2.45) is 0 Å². The quantitative estimate of drug-likeness (QED) is 0.793. The Bertz CT molecular complexity index is 534. The summed E-state index contributed by atoms with van der Waals surface area (Å²) in [6.45, 7) is 4.57. The van der Waals surface area contributed by atoms with Gasteiger partial charge in [-0.25, -0.2) is 4.98 Å². The van der Waals surface area contributed by atoms with Gasteiger partial charge in [0.25, 0.3) is 0 Å². The molecule has 96 valence electrons. The summed E-state index contributed by atoms with van der Waals surface area (Å²) < 4.78 is 7.69. The summed E-state index contributed by atoms with van der Waals surface area (Å²) in [5.74, 6) is 0. The van der Waals surface area contributed by atoms with Crippen molar-refractivity contribution < 1.29 is 4.74 Å². The number of fused-ring (bicyclic) bond motifs is 1. The first-order valence-corrected chi connectivity index (χ1v) is 7.40. The first-order chi connectivity index (χ1) is 8.88. The number of hydrogen-bond donors (Lipinski definition) is 0. The monoisotopic (exact) mass is 263 g/mol. The van der Waals surface area contributed by atoms with Gasteiger partial charge in [-0.15, -0.1) is 0 Å². The van der Waals surface area contributed by atoms with Gasteiger partial charge in [0.1, 0.15) is 0 Å². The number of imidazole rings is 1. The molecule has 1 fully saturated rings. The maximum absolute atomic E-state index is 5.39. The molecule has 0 aliphatic carbocycles. The van der Waals surface area contributed by atoms with E-state index in [1.165, 1.54) is 5.52 Å². The molecule has 0 radical (unpaired) electrons. The van der Waals surface area contributed by atoms with E-state index in [-0.39, 0.29) is 0 Å². The third kappa shape index (κ3) is 2.25. The molecule has 18 heavy (non-hydrogen) atoms. The van der Waals surface area contributed by atoms with Gasteiger partial charge >= 0.3 is 0 Å². The maximum atomic E-state index is 5.39. The zero-order valence-corrected chi connectivity index (χ0v) is 11.3. The zero-order valence-electron chi connectivity index (χ0n) is 10.5. The van der Waals surface area contributed by atoms with Crippen LogP contribution in [0.1, 0.15) is 0 Å². The molecule has 0 bridgehead atoms. The molecular formula is C13H17N3OS. The molecule has 1 saturated heterocycles. The average Bonchev–Trinajstić information content (AvgIpc) is 2.78. The minimum absolute atomic E-state index is 0.835. The van der Waals surface area contributed by atoms with E-state index in [1.54, 1.807) is 11.8 Å². The lowest BCUT2D eigenvalue weighted by molar-refractivity contribution is 0.0227. The molecule has 1 aromatic carbocycles. The van der Waals surface area contributed by atoms with Gasteiger partial charge in [-0.3, -0.25) is 4.90 Å².